The van der Waals surface area contributed by atoms with Gasteiger partial charge in [-0.2, -0.15) is 4.31 Å². The Bertz CT molecular complexity index is 929. The maximum absolute atomic E-state index is 12.8. The van der Waals surface area contributed by atoms with Gasteiger partial charge in [0.15, 0.2) is 0 Å². The third kappa shape index (κ3) is 3.83. The second kappa shape index (κ2) is 7.48. The maximum atomic E-state index is 12.8. The molecule has 0 aliphatic carbocycles. The number of amides is 1. The Kier molecular flexibility index (Phi) is 5.47. The molecule has 6 nitrogen and oxygen atoms in total. The van der Waals surface area contributed by atoms with Crippen LogP contribution in [0.5, 0.6) is 0 Å². The number of rotatable bonds is 4. The molecular formula is C18H22N2O4S2. The van der Waals surface area contributed by atoms with Crippen LogP contribution in [0.1, 0.15) is 25.7 Å². The third-order valence-corrected chi connectivity index (χ3v) is 7.21. The van der Waals surface area contributed by atoms with Gasteiger partial charge in [0, 0.05) is 28.5 Å². The summed E-state index contributed by atoms with van der Waals surface area (Å²) in [7, 11) is -3.60. The molecule has 0 bridgehead atoms. The van der Waals surface area contributed by atoms with E-state index in [1.807, 2.05) is 26.8 Å². The van der Waals surface area contributed by atoms with Gasteiger partial charge in [-0.3, -0.25) is 4.79 Å². The molecule has 2 heterocycles. The molecule has 1 saturated heterocycles. The van der Waals surface area contributed by atoms with E-state index in [1.165, 1.54) is 10.4 Å². The van der Waals surface area contributed by atoms with Crippen LogP contribution in [0.2, 0.25) is 0 Å². The van der Waals surface area contributed by atoms with Crippen molar-refractivity contribution in [3.8, 4) is 0 Å². The number of aryl methyl sites for hydroxylation is 3. The number of nitrogens with one attached hydrogen (secondary N) is 1. The van der Waals surface area contributed by atoms with Crippen molar-refractivity contribution < 1.29 is 17.9 Å². The molecule has 1 aromatic heterocycles. The Balaban J connectivity index is 1.88. The molecule has 1 aliphatic rings. The molecule has 1 fully saturated rings. The minimum absolute atomic E-state index is 0.179. The molecule has 26 heavy (non-hydrogen) atoms. The molecular weight excluding hydrogens is 372 g/mol. The van der Waals surface area contributed by atoms with Crippen LogP contribution >= 0.6 is 11.3 Å². The maximum Gasteiger partial charge on any atom is 0.256 e. The van der Waals surface area contributed by atoms with Gasteiger partial charge >= 0.3 is 0 Å². The van der Waals surface area contributed by atoms with Crippen molar-refractivity contribution in [2.24, 2.45) is 0 Å². The van der Waals surface area contributed by atoms with Crippen LogP contribution in [0.4, 0.5) is 5.69 Å². The summed E-state index contributed by atoms with van der Waals surface area (Å²) in [5.74, 6) is -0.226. The van der Waals surface area contributed by atoms with E-state index in [9.17, 15) is 13.2 Å². The lowest BCUT2D eigenvalue weighted by Gasteiger charge is -2.26. The highest BCUT2D eigenvalue weighted by Gasteiger charge is 2.27. The lowest BCUT2D eigenvalue weighted by molar-refractivity contribution is 0.0730. The lowest BCUT2D eigenvalue weighted by atomic mass is 10.2. The standard InChI is InChI=1S/C18H22N2O4S2/c1-12-4-5-15(26(22,23)20-6-8-24-9-7-20)11-17(12)19-18(21)16-10-13(2)25-14(16)3/h4-5,10-11H,6-9H2,1-3H3,(H,19,21). The highest BCUT2D eigenvalue weighted by molar-refractivity contribution is 7.89. The first-order valence-electron chi connectivity index (χ1n) is 8.36. The minimum Gasteiger partial charge on any atom is -0.379 e. The quantitative estimate of drug-likeness (QED) is 0.865. The molecule has 1 aliphatic heterocycles. The molecule has 1 N–H and O–H groups in total. The Morgan fingerprint density at radius 3 is 2.46 bits per heavy atom. The van der Waals surface area contributed by atoms with E-state index >= 15 is 0 Å². The third-order valence-electron chi connectivity index (χ3n) is 4.35. The Hall–Kier alpha value is -1.74. The number of hydrogen-bond acceptors (Lipinski definition) is 5. The van der Waals surface area contributed by atoms with Crippen LogP contribution in [0, 0.1) is 20.8 Å². The molecule has 0 radical (unpaired) electrons. The first-order valence-corrected chi connectivity index (χ1v) is 10.6. The van der Waals surface area contributed by atoms with E-state index in [1.54, 1.807) is 23.5 Å². The normalized spacial score (nSPS) is 15.8. The zero-order valence-electron chi connectivity index (χ0n) is 15.0. The number of morpholine rings is 1. The minimum atomic E-state index is -3.60. The molecule has 0 saturated carbocycles. The van der Waals surface area contributed by atoms with Crippen LogP contribution in [0.3, 0.4) is 0 Å². The van der Waals surface area contributed by atoms with Gasteiger partial charge in [-0.1, -0.05) is 6.07 Å². The van der Waals surface area contributed by atoms with Crippen LogP contribution in [-0.2, 0) is 14.8 Å². The van der Waals surface area contributed by atoms with Gasteiger partial charge in [0.2, 0.25) is 10.0 Å². The molecule has 1 aromatic carbocycles. The van der Waals surface area contributed by atoms with Crippen LogP contribution in [0.25, 0.3) is 0 Å². The zero-order valence-corrected chi connectivity index (χ0v) is 16.7. The predicted molar refractivity (Wildman–Crippen MR) is 103 cm³/mol. The number of nitrogens with zero attached hydrogens (tertiary/aromatic N) is 1. The van der Waals surface area contributed by atoms with Crippen LogP contribution in [0.15, 0.2) is 29.2 Å². The summed E-state index contributed by atoms with van der Waals surface area (Å²) in [6, 6.07) is 6.68. The smallest absolute Gasteiger partial charge is 0.256 e. The van der Waals surface area contributed by atoms with Crippen molar-refractivity contribution in [1.82, 2.24) is 4.31 Å². The summed E-state index contributed by atoms with van der Waals surface area (Å²) < 4.78 is 32.3. The van der Waals surface area contributed by atoms with E-state index in [0.717, 1.165) is 15.3 Å². The van der Waals surface area contributed by atoms with Gasteiger partial charge in [0.1, 0.15) is 0 Å². The van der Waals surface area contributed by atoms with Gasteiger partial charge in [0.05, 0.1) is 23.7 Å². The Morgan fingerprint density at radius 2 is 1.85 bits per heavy atom. The number of thiophene rings is 1. The van der Waals surface area contributed by atoms with Crippen molar-refractivity contribution in [3.05, 3.63) is 45.1 Å². The van der Waals surface area contributed by atoms with Gasteiger partial charge in [0.25, 0.3) is 5.91 Å². The number of ether oxygens (including phenoxy) is 1. The second-order valence-corrected chi connectivity index (χ2v) is 9.67. The number of hydrogen-bond donors (Lipinski definition) is 1. The van der Waals surface area contributed by atoms with Gasteiger partial charge in [-0.15, -0.1) is 11.3 Å². The SMILES string of the molecule is Cc1cc(C(=O)Nc2cc(S(=O)(=O)N3CCOCC3)ccc2C)c(C)s1. The molecule has 0 atom stereocenters. The largest absolute Gasteiger partial charge is 0.379 e. The fraction of sp³-hybridized carbons (Fsp3) is 0.389. The number of anilines is 1. The zero-order chi connectivity index (χ0) is 18.9. The monoisotopic (exact) mass is 394 g/mol. The molecule has 3 rings (SSSR count). The van der Waals surface area contributed by atoms with Crippen molar-refractivity contribution in [3.63, 3.8) is 0 Å². The van der Waals surface area contributed by atoms with E-state index in [4.69, 9.17) is 4.74 Å². The summed E-state index contributed by atoms with van der Waals surface area (Å²) >= 11 is 1.56. The number of sulfonamides is 1. The van der Waals surface area contributed by atoms with Gasteiger partial charge in [-0.05, 0) is 44.5 Å². The number of benzene rings is 1. The van der Waals surface area contributed by atoms with Crippen LogP contribution < -0.4 is 5.32 Å². The second-order valence-electron chi connectivity index (χ2n) is 6.27. The molecule has 140 valence electrons. The summed E-state index contributed by atoms with van der Waals surface area (Å²) in [6.45, 7) is 7.16. The molecule has 8 heteroatoms. The summed E-state index contributed by atoms with van der Waals surface area (Å²) in [6.07, 6.45) is 0. The number of carbonyl (C=O) groups excluding carboxylic acids is 1. The molecule has 2 aromatic rings. The average molecular weight is 395 g/mol. The fourth-order valence-corrected chi connectivity index (χ4v) is 5.23. The van der Waals surface area contributed by atoms with Gasteiger partial charge < -0.3 is 10.1 Å². The lowest BCUT2D eigenvalue weighted by Crippen LogP contribution is -2.40. The van der Waals surface area contributed by atoms with Crippen molar-refractivity contribution >= 4 is 33.0 Å². The summed E-state index contributed by atoms with van der Waals surface area (Å²) in [5.41, 5.74) is 1.94. The highest BCUT2D eigenvalue weighted by atomic mass is 32.2. The first-order chi connectivity index (χ1) is 12.3. The number of carbonyl (C=O) groups is 1. The van der Waals surface area contributed by atoms with Crippen LogP contribution in [-0.4, -0.2) is 44.9 Å². The van der Waals surface area contributed by atoms with Crippen molar-refractivity contribution in [2.75, 3.05) is 31.6 Å². The first kappa shape index (κ1) is 19.0. The molecule has 0 unspecified atom stereocenters. The fourth-order valence-electron chi connectivity index (χ4n) is 2.88. The summed E-state index contributed by atoms with van der Waals surface area (Å²) in [5, 5.41) is 2.86. The molecule has 0 spiro atoms. The topological polar surface area (TPSA) is 75.7 Å². The van der Waals surface area contributed by atoms with E-state index in [-0.39, 0.29) is 10.8 Å². The Labute approximate surface area is 157 Å². The van der Waals surface area contributed by atoms with E-state index in [2.05, 4.69) is 5.32 Å². The van der Waals surface area contributed by atoms with Crippen molar-refractivity contribution in [1.29, 1.82) is 0 Å². The Morgan fingerprint density at radius 1 is 1.15 bits per heavy atom. The summed E-state index contributed by atoms with van der Waals surface area (Å²) in [4.78, 5) is 14.8. The predicted octanol–water partition coefficient (Wildman–Crippen LogP) is 2.95. The average Bonchev–Trinajstić information content (AvgIpc) is 2.96. The van der Waals surface area contributed by atoms with E-state index in [0.29, 0.717) is 37.6 Å². The van der Waals surface area contributed by atoms with Crippen molar-refractivity contribution in [2.45, 2.75) is 25.7 Å². The molecule has 1 amide bonds. The van der Waals surface area contributed by atoms with E-state index < -0.39 is 10.0 Å². The van der Waals surface area contributed by atoms with Gasteiger partial charge in [-0.25, -0.2) is 8.42 Å². The highest BCUT2D eigenvalue weighted by Crippen LogP contribution is 2.26.